The average molecular weight is 443 g/mol. The number of hydrogen-bond donors (Lipinski definition) is 1. The second-order valence-corrected chi connectivity index (χ2v) is 7.62. The first-order chi connectivity index (χ1) is 15.4. The molecule has 0 aromatic heterocycles. The van der Waals surface area contributed by atoms with E-state index in [1.807, 2.05) is 36.4 Å². The van der Waals surface area contributed by atoms with Gasteiger partial charge in [0, 0.05) is 36.1 Å². The Morgan fingerprint density at radius 3 is 2.50 bits per heavy atom. The summed E-state index contributed by atoms with van der Waals surface area (Å²) in [5.41, 5.74) is 2.94. The Balaban J connectivity index is 1.63. The van der Waals surface area contributed by atoms with Gasteiger partial charge >= 0.3 is 6.18 Å². The highest BCUT2D eigenvalue weighted by molar-refractivity contribution is 5.67. The van der Waals surface area contributed by atoms with Gasteiger partial charge in [-0.05, 0) is 35.4 Å². The molecular formula is C24H20F3NO4. The van der Waals surface area contributed by atoms with E-state index in [1.54, 1.807) is 24.3 Å². The molecular weight excluding hydrogens is 423 g/mol. The number of fused-ring (bicyclic) bond motifs is 6. The zero-order valence-electron chi connectivity index (χ0n) is 17.2. The van der Waals surface area contributed by atoms with Gasteiger partial charge in [0.2, 0.25) is 0 Å². The van der Waals surface area contributed by atoms with E-state index < -0.39 is 18.3 Å². The number of methoxy groups -OCH3 is 1. The summed E-state index contributed by atoms with van der Waals surface area (Å²) in [5.74, 6) is 1.47. The number of ether oxygens (including phenoxy) is 4. The van der Waals surface area contributed by atoms with Crippen LogP contribution in [0, 0.1) is 0 Å². The molecule has 32 heavy (non-hydrogen) atoms. The van der Waals surface area contributed by atoms with Crippen molar-refractivity contribution in [2.45, 2.75) is 18.4 Å². The predicted octanol–water partition coefficient (Wildman–Crippen LogP) is 5.57. The topological polar surface area (TPSA) is 49.0 Å². The molecule has 0 bridgehead atoms. The third kappa shape index (κ3) is 3.45. The summed E-state index contributed by atoms with van der Waals surface area (Å²) in [6, 6.07) is 18.3. The summed E-state index contributed by atoms with van der Waals surface area (Å²) in [6.45, 7) is -0.654. The number of benzene rings is 3. The fourth-order valence-corrected chi connectivity index (χ4v) is 4.27. The lowest BCUT2D eigenvalue weighted by molar-refractivity contribution is -0.115. The van der Waals surface area contributed by atoms with Gasteiger partial charge in [0.1, 0.15) is 23.8 Å². The first-order valence-corrected chi connectivity index (χ1v) is 10.0. The monoisotopic (exact) mass is 443 g/mol. The molecule has 8 heteroatoms. The summed E-state index contributed by atoms with van der Waals surface area (Å²) < 4.78 is 61.2. The number of rotatable bonds is 5. The van der Waals surface area contributed by atoms with E-state index in [9.17, 15) is 13.2 Å². The Bertz CT molecular complexity index is 1160. The molecule has 166 valence electrons. The first kappa shape index (κ1) is 20.7. The van der Waals surface area contributed by atoms with Crippen molar-refractivity contribution in [1.29, 1.82) is 0 Å². The van der Waals surface area contributed by atoms with Gasteiger partial charge in [0.25, 0.3) is 0 Å². The third-order valence-corrected chi connectivity index (χ3v) is 5.59. The standard InChI is InChI=1S/C24H20F3NO4/c1-29-14-30-17-7-9-20-22(11-17)32-21-10-16(28-13-23(25,26)27)6-8-19(21)24(20)18-5-3-2-4-15(18)12-31-24/h2-11,28H,12-14H2,1H3. The zero-order valence-corrected chi connectivity index (χ0v) is 17.2. The molecule has 1 N–H and O–H groups in total. The van der Waals surface area contributed by atoms with Crippen LogP contribution in [0.5, 0.6) is 17.2 Å². The summed E-state index contributed by atoms with van der Waals surface area (Å²) in [6.07, 6.45) is -4.33. The van der Waals surface area contributed by atoms with Crippen LogP contribution in [0.2, 0.25) is 0 Å². The molecule has 3 aromatic rings. The Hall–Kier alpha value is -3.23. The molecule has 2 aliphatic rings. The normalized spacial score (nSPS) is 18.5. The van der Waals surface area contributed by atoms with Crippen LogP contribution < -0.4 is 14.8 Å². The van der Waals surface area contributed by atoms with Crippen molar-refractivity contribution in [2.75, 3.05) is 25.8 Å². The number of anilines is 1. The van der Waals surface area contributed by atoms with Crippen LogP contribution in [-0.4, -0.2) is 26.6 Å². The lowest BCUT2D eigenvalue weighted by Crippen LogP contribution is -2.32. The summed E-state index contributed by atoms with van der Waals surface area (Å²) >= 11 is 0. The third-order valence-electron chi connectivity index (χ3n) is 5.59. The molecule has 5 nitrogen and oxygen atoms in total. The molecule has 0 fully saturated rings. The van der Waals surface area contributed by atoms with Gasteiger partial charge in [-0.2, -0.15) is 13.2 Å². The van der Waals surface area contributed by atoms with Crippen LogP contribution in [0.4, 0.5) is 18.9 Å². The van der Waals surface area contributed by atoms with E-state index in [0.29, 0.717) is 29.5 Å². The lowest BCUT2D eigenvalue weighted by atomic mass is 9.77. The lowest BCUT2D eigenvalue weighted by Gasteiger charge is -2.37. The number of hydrogen-bond acceptors (Lipinski definition) is 5. The van der Waals surface area contributed by atoms with Crippen molar-refractivity contribution < 1.29 is 32.1 Å². The largest absolute Gasteiger partial charge is 0.467 e. The smallest absolute Gasteiger partial charge is 0.405 e. The fraction of sp³-hybridized carbons (Fsp3) is 0.250. The molecule has 2 aliphatic heterocycles. The quantitative estimate of drug-likeness (QED) is 0.523. The highest BCUT2D eigenvalue weighted by Crippen LogP contribution is 2.56. The predicted molar refractivity (Wildman–Crippen MR) is 111 cm³/mol. The molecule has 3 aromatic carbocycles. The summed E-state index contributed by atoms with van der Waals surface area (Å²) in [4.78, 5) is 0. The second kappa shape index (κ2) is 7.72. The van der Waals surface area contributed by atoms with Gasteiger partial charge in [-0.3, -0.25) is 0 Å². The summed E-state index contributed by atoms with van der Waals surface area (Å²) in [5, 5.41) is 2.41. The van der Waals surface area contributed by atoms with Crippen LogP contribution in [0.3, 0.4) is 0 Å². The summed E-state index contributed by atoms with van der Waals surface area (Å²) in [7, 11) is 1.53. The second-order valence-electron chi connectivity index (χ2n) is 7.62. The van der Waals surface area contributed by atoms with Gasteiger partial charge in [-0.15, -0.1) is 0 Å². The first-order valence-electron chi connectivity index (χ1n) is 10.0. The Morgan fingerprint density at radius 1 is 0.969 bits per heavy atom. The van der Waals surface area contributed by atoms with Crippen LogP contribution in [0.15, 0.2) is 60.7 Å². The maximum absolute atomic E-state index is 12.7. The van der Waals surface area contributed by atoms with Gasteiger partial charge in [0.15, 0.2) is 12.4 Å². The minimum atomic E-state index is -4.33. The highest BCUT2D eigenvalue weighted by atomic mass is 19.4. The van der Waals surface area contributed by atoms with E-state index in [4.69, 9.17) is 18.9 Å². The average Bonchev–Trinajstić information content (AvgIpc) is 3.16. The minimum absolute atomic E-state index is 0.0748. The Kier molecular flexibility index (Phi) is 4.98. The van der Waals surface area contributed by atoms with Gasteiger partial charge in [0.05, 0.1) is 6.61 Å². The molecule has 1 spiro atoms. The number of halogens is 3. The molecule has 2 heterocycles. The van der Waals surface area contributed by atoms with E-state index in [1.165, 1.54) is 7.11 Å². The number of alkyl halides is 3. The van der Waals surface area contributed by atoms with Crippen LogP contribution in [0.1, 0.15) is 22.3 Å². The number of nitrogens with one attached hydrogen (secondary N) is 1. The zero-order chi connectivity index (χ0) is 22.3. The molecule has 5 rings (SSSR count). The van der Waals surface area contributed by atoms with E-state index >= 15 is 0 Å². The van der Waals surface area contributed by atoms with Crippen molar-refractivity contribution in [3.63, 3.8) is 0 Å². The van der Waals surface area contributed by atoms with Crippen molar-refractivity contribution in [2.24, 2.45) is 0 Å². The molecule has 0 radical (unpaired) electrons. The molecule has 1 unspecified atom stereocenters. The van der Waals surface area contributed by atoms with Crippen molar-refractivity contribution >= 4 is 5.69 Å². The van der Waals surface area contributed by atoms with E-state index in [0.717, 1.165) is 22.3 Å². The fourth-order valence-electron chi connectivity index (χ4n) is 4.27. The molecule has 0 aliphatic carbocycles. The van der Waals surface area contributed by atoms with E-state index in [-0.39, 0.29) is 6.79 Å². The Labute approximate surface area is 182 Å². The molecule has 1 atom stereocenters. The molecule has 0 amide bonds. The molecule has 0 saturated heterocycles. The van der Waals surface area contributed by atoms with E-state index in [2.05, 4.69) is 5.32 Å². The van der Waals surface area contributed by atoms with Crippen molar-refractivity contribution in [3.05, 3.63) is 82.9 Å². The molecule has 0 saturated carbocycles. The maximum Gasteiger partial charge on any atom is 0.405 e. The van der Waals surface area contributed by atoms with Crippen LogP contribution in [0.25, 0.3) is 0 Å². The SMILES string of the molecule is COCOc1ccc2c(c1)Oc1cc(NCC(F)(F)F)ccc1C21OCc2ccccc21. The highest BCUT2D eigenvalue weighted by Gasteiger charge is 2.49. The van der Waals surface area contributed by atoms with Gasteiger partial charge < -0.3 is 24.3 Å². The van der Waals surface area contributed by atoms with Gasteiger partial charge in [-0.1, -0.05) is 24.3 Å². The van der Waals surface area contributed by atoms with Crippen LogP contribution in [-0.2, 0) is 21.7 Å². The minimum Gasteiger partial charge on any atom is -0.467 e. The van der Waals surface area contributed by atoms with Crippen molar-refractivity contribution in [1.82, 2.24) is 0 Å². The van der Waals surface area contributed by atoms with Crippen molar-refractivity contribution in [3.8, 4) is 17.2 Å². The maximum atomic E-state index is 12.7. The Morgan fingerprint density at radius 2 is 1.72 bits per heavy atom. The van der Waals surface area contributed by atoms with Gasteiger partial charge in [-0.25, -0.2) is 0 Å². The van der Waals surface area contributed by atoms with Crippen LogP contribution >= 0.6 is 0 Å².